The molecule has 0 aliphatic heterocycles. The van der Waals surface area contributed by atoms with Crippen LogP contribution in [-0.4, -0.2) is 15.6 Å². The van der Waals surface area contributed by atoms with Gasteiger partial charge in [0.15, 0.2) is 5.78 Å². The molecule has 0 saturated heterocycles. The molecule has 0 spiro atoms. The number of thiophene rings is 1. The lowest BCUT2D eigenvalue weighted by Gasteiger charge is -2.00. The lowest BCUT2D eigenvalue weighted by atomic mass is 10.1. The number of ketones is 1. The molecule has 0 aromatic carbocycles. The Balaban J connectivity index is 2.10. The summed E-state index contributed by atoms with van der Waals surface area (Å²) in [5.41, 5.74) is 2.56. The Labute approximate surface area is 108 Å². The Bertz CT molecular complexity index is 634. The van der Waals surface area contributed by atoms with Crippen LogP contribution in [0.5, 0.6) is 0 Å². The standard InChI is InChI=1S/C13H11N3OS/c14-6-2-7-16-9-4-5-10(17)12(9)13(15-16)11-3-1-8-18-11/h1,3,8H,2,4-5,7H2. The van der Waals surface area contributed by atoms with Crippen molar-refractivity contribution < 1.29 is 4.79 Å². The number of Topliss-reactive ketones (excluding diaryl/α,β-unsaturated/α-hetero) is 1. The molecule has 0 unspecified atom stereocenters. The fourth-order valence-corrected chi connectivity index (χ4v) is 3.04. The number of aryl methyl sites for hydroxylation is 1. The fourth-order valence-electron chi connectivity index (χ4n) is 2.33. The number of nitriles is 1. The molecule has 1 aliphatic carbocycles. The van der Waals surface area contributed by atoms with Crippen molar-refractivity contribution in [3.63, 3.8) is 0 Å². The maximum Gasteiger partial charge on any atom is 0.167 e. The van der Waals surface area contributed by atoms with Crippen LogP contribution in [-0.2, 0) is 13.0 Å². The first-order valence-electron chi connectivity index (χ1n) is 5.85. The minimum Gasteiger partial charge on any atom is -0.294 e. The molecule has 18 heavy (non-hydrogen) atoms. The molecule has 1 aliphatic rings. The van der Waals surface area contributed by atoms with Crippen molar-refractivity contribution in [2.75, 3.05) is 0 Å². The van der Waals surface area contributed by atoms with Gasteiger partial charge in [0.2, 0.25) is 0 Å². The van der Waals surface area contributed by atoms with E-state index in [4.69, 9.17) is 5.26 Å². The number of carbonyl (C=O) groups excluding carboxylic acids is 1. The fraction of sp³-hybridized carbons (Fsp3) is 0.308. The van der Waals surface area contributed by atoms with Crippen molar-refractivity contribution >= 4 is 17.1 Å². The molecule has 0 atom stereocenters. The number of aromatic nitrogens is 2. The van der Waals surface area contributed by atoms with Crippen molar-refractivity contribution in [1.29, 1.82) is 5.26 Å². The highest BCUT2D eigenvalue weighted by Crippen LogP contribution is 2.34. The zero-order valence-electron chi connectivity index (χ0n) is 9.72. The summed E-state index contributed by atoms with van der Waals surface area (Å²) in [4.78, 5) is 13.0. The average Bonchev–Trinajstić information content (AvgIpc) is 3.05. The first kappa shape index (κ1) is 11.2. The zero-order chi connectivity index (χ0) is 12.5. The van der Waals surface area contributed by atoms with Crippen LogP contribution in [0, 0.1) is 11.3 Å². The van der Waals surface area contributed by atoms with Crippen LogP contribution in [0.3, 0.4) is 0 Å². The molecule has 0 radical (unpaired) electrons. The van der Waals surface area contributed by atoms with Crippen LogP contribution in [0.15, 0.2) is 17.5 Å². The summed E-state index contributed by atoms with van der Waals surface area (Å²) in [6, 6.07) is 6.06. The summed E-state index contributed by atoms with van der Waals surface area (Å²) >= 11 is 1.59. The molecular weight excluding hydrogens is 246 g/mol. The van der Waals surface area contributed by atoms with Crippen LogP contribution < -0.4 is 0 Å². The second-order valence-electron chi connectivity index (χ2n) is 4.20. The molecule has 0 saturated carbocycles. The lowest BCUT2D eigenvalue weighted by Crippen LogP contribution is -2.03. The Hall–Kier alpha value is -1.93. The highest BCUT2D eigenvalue weighted by molar-refractivity contribution is 7.13. The Morgan fingerprint density at radius 2 is 2.39 bits per heavy atom. The van der Waals surface area contributed by atoms with Crippen molar-refractivity contribution in [2.45, 2.75) is 25.8 Å². The molecule has 0 fully saturated rings. The quantitative estimate of drug-likeness (QED) is 0.849. The zero-order valence-corrected chi connectivity index (χ0v) is 10.5. The maximum absolute atomic E-state index is 12.0. The van der Waals surface area contributed by atoms with Crippen molar-refractivity contribution in [3.8, 4) is 16.6 Å². The molecule has 2 aromatic rings. The van der Waals surface area contributed by atoms with Gasteiger partial charge in [-0.25, -0.2) is 0 Å². The molecule has 90 valence electrons. The average molecular weight is 257 g/mol. The van der Waals surface area contributed by atoms with Gasteiger partial charge in [-0.1, -0.05) is 6.07 Å². The van der Waals surface area contributed by atoms with Gasteiger partial charge in [-0.2, -0.15) is 10.4 Å². The van der Waals surface area contributed by atoms with Gasteiger partial charge in [-0.15, -0.1) is 11.3 Å². The Morgan fingerprint density at radius 3 is 3.11 bits per heavy atom. The first-order chi connectivity index (χ1) is 8.81. The smallest absolute Gasteiger partial charge is 0.167 e. The molecule has 2 heterocycles. The SMILES string of the molecule is N#CCCn1nc(-c2cccs2)c2c1CCC2=O. The van der Waals surface area contributed by atoms with Crippen molar-refractivity contribution in [3.05, 3.63) is 28.8 Å². The monoisotopic (exact) mass is 257 g/mol. The van der Waals surface area contributed by atoms with Crippen LogP contribution >= 0.6 is 11.3 Å². The number of rotatable bonds is 3. The normalized spacial score (nSPS) is 13.6. The van der Waals surface area contributed by atoms with Gasteiger partial charge in [0.25, 0.3) is 0 Å². The molecule has 0 bridgehead atoms. The van der Waals surface area contributed by atoms with Crippen LogP contribution in [0.1, 0.15) is 28.9 Å². The minimum absolute atomic E-state index is 0.177. The van der Waals surface area contributed by atoms with Gasteiger partial charge in [-0.3, -0.25) is 9.48 Å². The maximum atomic E-state index is 12.0. The van der Waals surface area contributed by atoms with Gasteiger partial charge in [-0.05, 0) is 17.9 Å². The third-order valence-corrected chi connectivity index (χ3v) is 3.99. The first-order valence-corrected chi connectivity index (χ1v) is 6.73. The third-order valence-electron chi connectivity index (χ3n) is 3.12. The second-order valence-corrected chi connectivity index (χ2v) is 5.15. The van der Waals surface area contributed by atoms with Crippen LogP contribution in [0.25, 0.3) is 10.6 Å². The van der Waals surface area contributed by atoms with E-state index in [2.05, 4.69) is 11.2 Å². The predicted octanol–water partition coefficient (Wildman–Crippen LogP) is 2.65. The van der Waals surface area contributed by atoms with E-state index in [9.17, 15) is 4.79 Å². The number of hydrogen-bond acceptors (Lipinski definition) is 4. The summed E-state index contributed by atoms with van der Waals surface area (Å²) in [6.07, 6.45) is 1.74. The Morgan fingerprint density at radius 1 is 1.50 bits per heavy atom. The van der Waals surface area contributed by atoms with E-state index in [1.165, 1.54) is 0 Å². The van der Waals surface area contributed by atoms with E-state index in [0.29, 0.717) is 19.4 Å². The van der Waals surface area contributed by atoms with E-state index in [0.717, 1.165) is 28.2 Å². The highest BCUT2D eigenvalue weighted by Gasteiger charge is 2.29. The van der Waals surface area contributed by atoms with Crippen molar-refractivity contribution in [1.82, 2.24) is 9.78 Å². The van der Waals surface area contributed by atoms with E-state index < -0.39 is 0 Å². The number of carbonyl (C=O) groups is 1. The minimum atomic E-state index is 0.177. The molecule has 5 heteroatoms. The molecule has 0 N–H and O–H groups in total. The van der Waals surface area contributed by atoms with Crippen molar-refractivity contribution in [2.24, 2.45) is 0 Å². The lowest BCUT2D eigenvalue weighted by molar-refractivity contribution is 0.0995. The highest BCUT2D eigenvalue weighted by atomic mass is 32.1. The summed E-state index contributed by atoms with van der Waals surface area (Å²) in [6.45, 7) is 0.567. The number of hydrogen-bond donors (Lipinski definition) is 0. The number of fused-ring (bicyclic) bond motifs is 1. The van der Waals surface area contributed by atoms with Crippen LogP contribution in [0.4, 0.5) is 0 Å². The third kappa shape index (κ3) is 1.66. The predicted molar refractivity (Wildman–Crippen MR) is 68.4 cm³/mol. The van der Waals surface area contributed by atoms with E-state index in [1.807, 2.05) is 22.2 Å². The number of nitrogens with zero attached hydrogens (tertiary/aromatic N) is 3. The Kier molecular flexibility index (Phi) is 2.73. The molecule has 0 amide bonds. The van der Waals surface area contributed by atoms with Gasteiger partial charge in [0, 0.05) is 6.42 Å². The molecule has 4 nitrogen and oxygen atoms in total. The van der Waals surface area contributed by atoms with E-state index in [-0.39, 0.29) is 5.78 Å². The van der Waals surface area contributed by atoms with Gasteiger partial charge in [0.1, 0.15) is 5.69 Å². The van der Waals surface area contributed by atoms with Gasteiger partial charge < -0.3 is 0 Å². The second kappa shape index (κ2) is 4.39. The van der Waals surface area contributed by atoms with Gasteiger partial charge in [0.05, 0.1) is 35.2 Å². The molecule has 2 aromatic heterocycles. The van der Waals surface area contributed by atoms with E-state index in [1.54, 1.807) is 11.3 Å². The van der Waals surface area contributed by atoms with Crippen LogP contribution in [0.2, 0.25) is 0 Å². The largest absolute Gasteiger partial charge is 0.294 e. The summed E-state index contributed by atoms with van der Waals surface area (Å²) < 4.78 is 1.83. The summed E-state index contributed by atoms with van der Waals surface area (Å²) in [7, 11) is 0. The molecule has 3 rings (SSSR count). The topological polar surface area (TPSA) is 58.7 Å². The summed E-state index contributed by atoms with van der Waals surface area (Å²) in [5, 5.41) is 15.2. The van der Waals surface area contributed by atoms with Gasteiger partial charge >= 0.3 is 0 Å². The molecular formula is C13H11N3OS. The van der Waals surface area contributed by atoms with E-state index >= 15 is 0 Å². The summed E-state index contributed by atoms with van der Waals surface area (Å²) in [5.74, 6) is 0.177.